The van der Waals surface area contributed by atoms with Gasteiger partial charge in [-0.2, -0.15) is 0 Å². The second-order valence-electron chi connectivity index (χ2n) is 4.76. The summed E-state index contributed by atoms with van der Waals surface area (Å²) in [6, 6.07) is 8.75. The van der Waals surface area contributed by atoms with Crippen LogP contribution in [0.4, 0.5) is 0 Å². The Morgan fingerprint density at radius 1 is 1.13 bits per heavy atom. The highest BCUT2D eigenvalue weighted by atomic mass is 32.2. The zero-order chi connectivity index (χ0) is 10.9. The van der Waals surface area contributed by atoms with Crippen LogP contribution in [-0.2, 0) is 5.41 Å². The normalized spacial score (nSPS) is 16.6. The predicted octanol–water partition coefficient (Wildman–Crippen LogP) is 3.64. The van der Waals surface area contributed by atoms with E-state index in [1.807, 2.05) is 6.54 Å². The summed E-state index contributed by atoms with van der Waals surface area (Å²) in [4.78, 5) is 4.35. The number of aliphatic imine (C=N–C) groups is 1. The molecule has 0 unspecified atom stereocenters. The number of hydrogen-bond acceptors (Lipinski definition) is 2. The van der Waals surface area contributed by atoms with Crippen LogP contribution in [0.2, 0.25) is 0 Å². The molecule has 79 valence electrons. The highest BCUT2D eigenvalue weighted by Crippen LogP contribution is 2.25. The summed E-state index contributed by atoms with van der Waals surface area (Å²) >= 11 is 1.80. The first-order valence-corrected chi connectivity index (χ1v) is 6.19. The average Bonchev–Trinajstić information content (AvgIpc) is 2.69. The Morgan fingerprint density at radius 2 is 1.80 bits per heavy atom. The van der Waals surface area contributed by atoms with E-state index in [2.05, 4.69) is 50.0 Å². The summed E-state index contributed by atoms with van der Waals surface area (Å²) in [5, 5.41) is 1.15. The first kappa shape index (κ1) is 10.7. The maximum absolute atomic E-state index is 4.35. The van der Waals surface area contributed by atoms with Gasteiger partial charge in [-0.1, -0.05) is 45.0 Å². The molecule has 1 heterocycles. The van der Waals surface area contributed by atoms with Gasteiger partial charge in [-0.05, 0) is 11.0 Å². The van der Waals surface area contributed by atoms with Gasteiger partial charge in [0.15, 0.2) is 0 Å². The van der Waals surface area contributed by atoms with Gasteiger partial charge in [0.2, 0.25) is 0 Å². The minimum Gasteiger partial charge on any atom is -0.271 e. The topological polar surface area (TPSA) is 12.4 Å². The number of thioether (sulfide) groups is 1. The predicted molar refractivity (Wildman–Crippen MR) is 68.4 cm³/mol. The molecule has 1 aliphatic rings. The van der Waals surface area contributed by atoms with Crippen molar-refractivity contribution in [1.82, 2.24) is 0 Å². The third-order valence-corrected chi connectivity index (χ3v) is 3.43. The van der Waals surface area contributed by atoms with Gasteiger partial charge in [0, 0.05) is 11.3 Å². The SMILES string of the molecule is CC(C)(C)c1ccc(C2=N[CH]CS2)cc1. The zero-order valence-electron chi connectivity index (χ0n) is 9.45. The van der Waals surface area contributed by atoms with E-state index in [0.717, 1.165) is 10.8 Å². The van der Waals surface area contributed by atoms with E-state index in [9.17, 15) is 0 Å². The minimum atomic E-state index is 0.231. The van der Waals surface area contributed by atoms with E-state index in [4.69, 9.17) is 0 Å². The van der Waals surface area contributed by atoms with Crippen molar-refractivity contribution < 1.29 is 0 Å². The molecule has 0 bridgehead atoms. The summed E-state index contributed by atoms with van der Waals surface area (Å²) in [5.41, 5.74) is 2.84. The Morgan fingerprint density at radius 3 is 2.27 bits per heavy atom. The maximum atomic E-state index is 4.35. The molecule has 1 aromatic rings. The number of rotatable bonds is 1. The highest BCUT2D eigenvalue weighted by molar-refractivity contribution is 8.14. The van der Waals surface area contributed by atoms with Gasteiger partial charge >= 0.3 is 0 Å². The molecular formula is C13H16NS. The molecule has 1 aromatic carbocycles. The molecule has 0 aliphatic carbocycles. The van der Waals surface area contributed by atoms with E-state index in [-0.39, 0.29) is 5.41 Å². The smallest absolute Gasteiger partial charge is 0.0982 e. The van der Waals surface area contributed by atoms with Crippen LogP contribution in [-0.4, -0.2) is 10.8 Å². The fraction of sp³-hybridized carbons (Fsp3) is 0.385. The molecule has 2 heteroatoms. The van der Waals surface area contributed by atoms with Crippen molar-refractivity contribution in [1.29, 1.82) is 0 Å². The van der Waals surface area contributed by atoms with Crippen LogP contribution in [0.5, 0.6) is 0 Å². The summed E-state index contributed by atoms with van der Waals surface area (Å²) in [5.74, 6) is 1.01. The van der Waals surface area contributed by atoms with Crippen LogP contribution in [0.15, 0.2) is 29.3 Å². The van der Waals surface area contributed by atoms with Gasteiger partial charge in [0.25, 0.3) is 0 Å². The zero-order valence-corrected chi connectivity index (χ0v) is 10.3. The highest BCUT2D eigenvalue weighted by Gasteiger charge is 2.14. The lowest BCUT2D eigenvalue weighted by Crippen LogP contribution is -2.10. The maximum Gasteiger partial charge on any atom is 0.0982 e. The van der Waals surface area contributed by atoms with Crippen LogP contribution in [0.1, 0.15) is 31.9 Å². The lowest BCUT2D eigenvalue weighted by Gasteiger charge is -2.19. The molecule has 0 spiro atoms. The molecular weight excluding hydrogens is 202 g/mol. The van der Waals surface area contributed by atoms with Gasteiger partial charge in [0.1, 0.15) is 0 Å². The average molecular weight is 218 g/mol. The molecule has 2 rings (SSSR count). The Kier molecular flexibility index (Phi) is 2.87. The molecule has 15 heavy (non-hydrogen) atoms. The monoisotopic (exact) mass is 218 g/mol. The Hall–Kier alpha value is -0.760. The molecule has 1 radical (unpaired) electrons. The molecule has 0 aromatic heterocycles. The lowest BCUT2D eigenvalue weighted by molar-refractivity contribution is 0.590. The first-order chi connectivity index (χ1) is 7.07. The number of nitrogens with zero attached hydrogens (tertiary/aromatic N) is 1. The summed E-state index contributed by atoms with van der Waals surface area (Å²) < 4.78 is 0. The summed E-state index contributed by atoms with van der Waals surface area (Å²) in [6.07, 6.45) is 0. The van der Waals surface area contributed by atoms with Gasteiger partial charge in [-0.15, -0.1) is 11.8 Å². The van der Waals surface area contributed by atoms with Crippen LogP contribution in [0.3, 0.4) is 0 Å². The van der Waals surface area contributed by atoms with Crippen molar-refractivity contribution >= 4 is 16.8 Å². The number of hydrogen-bond donors (Lipinski definition) is 0. The van der Waals surface area contributed by atoms with E-state index in [1.165, 1.54) is 11.1 Å². The van der Waals surface area contributed by atoms with E-state index < -0.39 is 0 Å². The first-order valence-electron chi connectivity index (χ1n) is 5.20. The number of benzene rings is 1. The quantitative estimate of drug-likeness (QED) is 0.701. The molecule has 0 saturated carbocycles. The van der Waals surface area contributed by atoms with Crippen molar-refractivity contribution in [3.8, 4) is 0 Å². The van der Waals surface area contributed by atoms with Crippen molar-refractivity contribution in [2.45, 2.75) is 26.2 Å². The van der Waals surface area contributed by atoms with Crippen LogP contribution in [0, 0.1) is 6.54 Å². The fourth-order valence-corrected chi connectivity index (χ4v) is 2.30. The van der Waals surface area contributed by atoms with Crippen LogP contribution in [0.25, 0.3) is 0 Å². The Labute approximate surface area is 96.0 Å². The molecule has 1 aliphatic heterocycles. The van der Waals surface area contributed by atoms with Crippen molar-refractivity contribution in [3.05, 3.63) is 41.9 Å². The van der Waals surface area contributed by atoms with E-state index in [1.54, 1.807) is 11.8 Å². The van der Waals surface area contributed by atoms with Crippen LogP contribution >= 0.6 is 11.8 Å². The second-order valence-corrected chi connectivity index (χ2v) is 5.76. The Balaban J connectivity index is 2.24. The Bertz CT molecular complexity index is 371. The summed E-state index contributed by atoms with van der Waals surface area (Å²) in [7, 11) is 0. The van der Waals surface area contributed by atoms with Crippen LogP contribution < -0.4 is 0 Å². The van der Waals surface area contributed by atoms with Gasteiger partial charge in [-0.25, -0.2) is 0 Å². The molecule has 0 saturated heterocycles. The van der Waals surface area contributed by atoms with Crippen molar-refractivity contribution in [3.63, 3.8) is 0 Å². The standard InChI is InChI=1S/C13H16NS/c1-13(2,3)11-6-4-10(5-7-11)12-14-8-9-15-12/h4-8H,9H2,1-3H3. The molecule has 0 fully saturated rings. The fourth-order valence-electron chi connectivity index (χ4n) is 1.54. The third-order valence-electron chi connectivity index (χ3n) is 2.50. The summed E-state index contributed by atoms with van der Waals surface area (Å²) in [6.45, 7) is 8.67. The lowest BCUT2D eigenvalue weighted by atomic mass is 9.87. The molecule has 0 N–H and O–H groups in total. The third kappa shape index (κ3) is 2.43. The van der Waals surface area contributed by atoms with Crippen molar-refractivity contribution in [2.75, 3.05) is 5.75 Å². The molecule has 0 amide bonds. The van der Waals surface area contributed by atoms with E-state index >= 15 is 0 Å². The van der Waals surface area contributed by atoms with E-state index in [0.29, 0.717) is 0 Å². The molecule has 0 atom stereocenters. The van der Waals surface area contributed by atoms with Gasteiger partial charge in [0.05, 0.1) is 11.6 Å². The van der Waals surface area contributed by atoms with Crippen molar-refractivity contribution in [2.24, 2.45) is 4.99 Å². The second kappa shape index (κ2) is 4.01. The van der Waals surface area contributed by atoms with Gasteiger partial charge in [-0.3, -0.25) is 4.99 Å². The van der Waals surface area contributed by atoms with Gasteiger partial charge < -0.3 is 0 Å². The molecule has 1 nitrogen and oxygen atoms in total. The largest absolute Gasteiger partial charge is 0.271 e. The minimum absolute atomic E-state index is 0.231.